The molecule has 2 aromatic rings. The number of amides is 2. The number of aromatic nitrogens is 1. The fourth-order valence-corrected chi connectivity index (χ4v) is 2.29. The molecule has 0 spiro atoms. The predicted molar refractivity (Wildman–Crippen MR) is 90.6 cm³/mol. The molecular formula is C17H21FN4O2. The Morgan fingerprint density at radius 1 is 1.29 bits per heavy atom. The first-order chi connectivity index (χ1) is 11.5. The Labute approximate surface area is 140 Å². The number of carbonyl (C=O) groups is 1. The minimum atomic E-state index is -0.365. The van der Waals surface area contributed by atoms with Crippen molar-refractivity contribution >= 4 is 11.7 Å². The van der Waals surface area contributed by atoms with Crippen molar-refractivity contribution in [3.8, 4) is 5.88 Å². The third-order valence-electron chi connectivity index (χ3n) is 3.55. The van der Waals surface area contributed by atoms with Crippen LogP contribution in [0.25, 0.3) is 0 Å². The number of halogens is 1. The number of carbonyl (C=O) groups excluding carboxylic acids is 1. The molecule has 128 valence electrons. The summed E-state index contributed by atoms with van der Waals surface area (Å²) >= 11 is 0. The number of methoxy groups -OCH3 is 1. The van der Waals surface area contributed by atoms with Crippen LogP contribution in [0.15, 0.2) is 42.6 Å². The zero-order chi connectivity index (χ0) is 17.5. The topological polar surface area (TPSA) is 66.5 Å². The Morgan fingerprint density at radius 2 is 2.00 bits per heavy atom. The van der Waals surface area contributed by atoms with Gasteiger partial charge in [0.05, 0.1) is 13.2 Å². The summed E-state index contributed by atoms with van der Waals surface area (Å²) in [5, 5.41) is 5.51. The Kier molecular flexibility index (Phi) is 6.08. The lowest BCUT2D eigenvalue weighted by molar-refractivity contribution is 0.243. The molecule has 1 aromatic heterocycles. The van der Waals surface area contributed by atoms with Crippen LogP contribution in [0.2, 0.25) is 0 Å². The van der Waals surface area contributed by atoms with Crippen LogP contribution in [-0.2, 0) is 0 Å². The first-order valence-electron chi connectivity index (χ1n) is 7.47. The molecule has 2 rings (SSSR count). The molecule has 0 saturated heterocycles. The summed E-state index contributed by atoms with van der Waals surface area (Å²) in [6.45, 7) is 0.368. The molecule has 0 bridgehead atoms. The maximum atomic E-state index is 13.1. The molecule has 0 saturated carbocycles. The van der Waals surface area contributed by atoms with Gasteiger partial charge < -0.3 is 20.3 Å². The molecule has 0 fully saturated rings. The number of nitrogens with zero attached hydrogens (tertiary/aromatic N) is 2. The van der Waals surface area contributed by atoms with Gasteiger partial charge in [-0.15, -0.1) is 0 Å². The molecule has 6 nitrogen and oxygen atoms in total. The molecule has 2 N–H and O–H groups in total. The average molecular weight is 332 g/mol. The molecule has 1 atom stereocenters. The molecule has 7 heteroatoms. The van der Waals surface area contributed by atoms with Crippen LogP contribution in [0, 0.1) is 5.82 Å². The van der Waals surface area contributed by atoms with Crippen molar-refractivity contribution in [2.45, 2.75) is 6.04 Å². The second-order valence-corrected chi connectivity index (χ2v) is 5.43. The number of hydrogen-bond acceptors (Lipinski definition) is 4. The van der Waals surface area contributed by atoms with E-state index in [1.165, 1.54) is 19.2 Å². The van der Waals surface area contributed by atoms with Gasteiger partial charge in [-0.1, -0.05) is 12.1 Å². The summed E-state index contributed by atoms with van der Waals surface area (Å²) < 4.78 is 18.2. The number of hydrogen-bond donors (Lipinski definition) is 2. The van der Waals surface area contributed by atoms with Gasteiger partial charge in [-0.05, 0) is 43.9 Å². The van der Waals surface area contributed by atoms with Crippen molar-refractivity contribution in [1.29, 1.82) is 0 Å². The van der Waals surface area contributed by atoms with Gasteiger partial charge >= 0.3 is 6.03 Å². The van der Waals surface area contributed by atoms with Gasteiger partial charge in [0, 0.05) is 12.7 Å². The lowest BCUT2D eigenvalue weighted by atomic mass is 10.1. The van der Waals surface area contributed by atoms with E-state index in [2.05, 4.69) is 15.6 Å². The van der Waals surface area contributed by atoms with Gasteiger partial charge in [-0.25, -0.2) is 14.2 Å². The highest BCUT2D eigenvalue weighted by Crippen LogP contribution is 2.20. The molecule has 0 radical (unpaired) electrons. The smallest absolute Gasteiger partial charge is 0.319 e. The predicted octanol–water partition coefficient (Wildman–Crippen LogP) is 2.65. The van der Waals surface area contributed by atoms with E-state index < -0.39 is 0 Å². The van der Waals surface area contributed by atoms with Crippen molar-refractivity contribution < 1.29 is 13.9 Å². The number of pyridine rings is 1. The fraction of sp³-hybridized carbons (Fsp3) is 0.294. The molecule has 1 unspecified atom stereocenters. The number of anilines is 1. The van der Waals surface area contributed by atoms with Crippen LogP contribution in [0.3, 0.4) is 0 Å². The zero-order valence-electron chi connectivity index (χ0n) is 13.9. The highest BCUT2D eigenvalue weighted by atomic mass is 19.1. The van der Waals surface area contributed by atoms with E-state index in [9.17, 15) is 9.18 Å². The summed E-state index contributed by atoms with van der Waals surface area (Å²) in [6.07, 6.45) is 1.58. The van der Waals surface area contributed by atoms with E-state index in [0.717, 1.165) is 5.56 Å². The van der Waals surface area contributed by atoms with Gasteiger partial charge in [0.15, 0.2) is 0 Å². The van der Waals surface area contributed by atoms with E-state index in [0.29, 0.717) is 18.1 Å². The van der Waals surface area contributed by atoms with Gasteiger partial charge in [-0.3, -0.25) is 0 Å². The van der Waals surface area contributed by atoms with Gasteiger partial charge in [0.25, 0.3) is 0 Å². The normalized spacial score (nSPS) is 11.9. The van der Waals surface area contributed by atoms with E-state index in [1.807, 2.05) is 19.0 Å². The average Bonchev–Trinajstić information content (AvgIpc) is 2.57. The monoisotopic (exact) mass is 332 g/mol. The molecule has 1 aromatic carbocycles. The second kappa shape index (κ2) is 8.26. The Hall–Kier alpha value is -2.67. The minimum Gasteiger partial charge on any atom is -0.480 e. The Morgan fingerprint density at radius 3 is 2.62 bits per heavy atom. The zero-order valence-corrected chi connectivity index (χ0v) is 13.9. The van der Waals surface area contributed by atoms with Crippen molar-refractivity contribution in [3.05, 3.63) is 54.0 Å². The van der Waals surface area contributed by atoms with Crippen molar-refractivity contribution in [3.63, 3.8) is 0 Å². The van der Waals surface area contributed by atoms with E-state index in [4.69, 9.17) is 4.74 Å². The molecule has 24 heavy (non-hydrogen) atoms. The van der Waals surface area contributed by atoms with Crippen molar-refractivity contribution in [2.24, 2.45) is 0 Å². The van der Waals surface area contributed by atoms with E-state index >= 15 is 0 Å². The van der Waals surface area contributed by atoms with Crippen molar-refractivity contribution in [2.75, 3.05) is 33.1 Å². The SMILES string of the molecule is COc1ncccc1NC(=O)NCC(c1ccc(F)cc1)N(C)C. The van der Waals surface area contributed by atoms with Gasteiger partial charge in [0.2, 0.25) is 5.88 Å². The summed E-state index contributed by atoms with van der Waals surface area (Å²) in [7, 11) is 5.29. The molecule has 0 aliphatic carbocycles. The molecule has 2 amide bonds. The van der Waals surface area contributed by atoms with Gasteiger partial charge in [-0.2, -0.15) is 0 Å². The number of ether oxygens (including phenoxy) is 1. The van der Waals surface area contributed by atoms with Crippen LogP contribution in [0.4, 0.5) is 14.9 Å². The number of benzene rings is 1. The summed E-state index contributed by atoms with van der Waals surface area (Å²) in [5.41, 5.74) is 1.40. The number of likely N-dealkylation sites (N-methyl/N-ethyl adjacent to an activating group) is 1. The standard InChI is InChI=1S/C17H21FN4O2/c1-22(2)15(12-6-8-13(18)9-7-12)11-20-17(23)21-14-5-4-10-19-16(14)24-3/h4-10,15H,11H2,1-3H3,(H2,20,21,23). The third kappa shape index (κ3) is 4.66. The van der Waals surface area contributed by atoms with E-state index in [-0.39, 0.29) is 17.9 Å². The maximum absolute atomic E-state index is 13.1. The second-order valence-electron chi connectivity index (χ2n) is 5.43. The van der Waals surface area contributed by atoms with Crippen LogP contribution in [-0.4, -0.2) is 43.7 Å². The van der Waals surface area contributed by atoms with Crippen LogP contribution in [0.1, 0.15) is 11.6 Å². The van der Waals surface area contributed by atoms with Crippen molar-refractivity contribution in [1.82, 2.24) is 15.2 Å². The van der Waals surface area contributed by atoms with Crippen LogP contribution < -0.4 is 15.4 Å². The highest BCUT2D eigenvalue weighted by molar-refractivity contribution is 5.90. The molecule has 0 aliphatic rings. The number of nitrogens with one attached hydrogen (secondary N) is 2. The largest absolute Gasteiger partial charge is 0.480 e. The highest BCUT2D eigenvalue weighted by Gasteiger charge is 2.16. The molecule has 1 heterocycles. The summed E-state index contributed by atoms with van der Waals surface area (Å²) in [4.78, 5) is 18.1. The third-order valence-corrected chi connectivity index (χ3v) is 3.55. The number of urea groups is 1. The molecular weight excluding hydrogens is 311 g/mol. The first kappa shape index (κ1) is 17.7. The molecule has 0 aliphatic heterocycles. The van der Waals surface area contributed by atoms with Gasteiger partial charge in [0.1, 0.15) is 11.5 Å². The Balaban J connectivity index is 1.99. The summed E-state index contributed by atoms with van der Waals surface area (Å²) in [6, 6.07) is 9.21. The number of rotatable bonds is 6. The lowest BCUT2D eigenvalue weighted by Crippen LogP contribution is -2.37. The van der Waals surface area contributed by atoms with E-state index in [1.54, 1.807) is 30.5 Å². The maximum Gasteiger partial charge on any atom is 0.319 e. The first-order valence-corrected chi connectivity index (χ1v) is 7.47. The fourth-order valence-electron chi connectivity index (χ4n) is 2.29. The minimum absolute atomic E-state index is 0.0767. The van der Waals surface area contributed by atoms with Crippen LogP contribution in [0.5, 0.6) is 5.88 Å². The quantitative estimate of drug-likeness (QED) is 0.853. The van der Waals surface area contributed by atoms with Crippen LogP contribution >= 0.6 is 0 Å². The Bertz CT molecular complexity index is 677. The lowest BCUT2D eigenvalue weighted by Gasteiger charge is -2.25. The summed E-state index contributed by atoms with van der Waals surface area (Å²) in [5.74, 6) is 0.0565.